The number of nitrogens with zero attached hydrogens (tertiary/aromatic N) is 2. The molecular weight excluding hydrogens is 455 g/mol. The molecule has 4 rings (SSSR count). The Morgan fingerprint density at radius 3 is 2.33 bits per heavy atom. The predicted octanol–water partition coefficient (Wildman–Crippen LogP) is 4.80. The van der Waals surface area contributed by atoms with Gasteiger partial charge < -0.3 is 15.1 Å². The lowest BCUT2D eigenvalue weighted by Gasteiger charge is -2.40. The van der Waals surface area contributed by atoms with E-state index in [9.17, 15) is 19.4 Å². The molecule has 5 nitrogen and oxygen atoms in total. The van der Waals surface area contributed by atoms with Crippen LogP contribution >= 0.6 is 0 Å². The highest BCUT2D eigenvalue weighted by Crippen LogP contribution is 2.37. The number of aliphatic carboxylic acids is 1. The molecule has 2 aromatic rings. The zero-order chi connectivity index (χ0) is 25.7. The minimum atomic E-state index is -0.735. The first-order valence-electron chi connectivity index (χ1n) is 13.4. The summed E-state index contributed by atoms with van der Waals surface area (Å²) in [7, 11) is 0. The Balaban J connectivity index is 1.33. The van der Waals surface area contributed by atoms with Gasteiger partial charge >= 0.3 is 5.97 Å². The molecule has 3 atom stereocenters. The van der Waals surface area contributed by atoms with Crippen LogP contribution in [0, 0.1) is 17.7 Å². The second-order valence-corrected chi connectivity index (χ2v) is 11.3. The number of halogens is 1. The molecule has 2 heterocycles. The lowest BCUT2D eigenvalue weighted by molar-refractivity contribution is -0.144. The number of hydrogen-bond acceptors (Lipinski definition) is 4. The van der Waals surface area contributed by atoms with Crippen LogP contribution < -0.4 is 0 Å². The molecule has 2 aliphatic rings. The smallest absolute Gasteiger partial charge is 0.321 e. The first-order valence-corrected chi connectivity index (χ1v) is 13.4. The molecule has 196 valence electrons. The van der Waals surface area contributed by atoms with Crippen LogP contribution in [0.2, 0.25) is 0 Å². The highest BCUT2D eigenvalue weighted by Gasteiger charge is 2.42. The number of carboxylic acids is 1. The fourth-order valence-electron chi connectivity index (χ4n) is 6.26. The number of carbonyl (C=O) groups is 1. The van der Waals surface area contributed by atoms with E-state index in [0.717, 1.165) is 70.4 Å². The topological polar surface area (TPSA) is 64.0 Å². The summed E-state index contributed by atoms with van der Waals surface area (Å²) < 4.78 is 13.1. The van der Waals surface area contributed by atoms with Gasteiger partial charge in [0.25, 0.3) is 0 Å². The largest absolute Gasteiger partial charge is 0.480 e. The summed E-state index contributed by atoms with van der Waals surface area (Å²) in [6.07, 6.45) is 4.01. The maximum absolute atomic E-state index is 13.1. The quantitative estimate of drug-likeness (QED) is 0.495. The summed E-state index contributed by atoms with van der Waals surface area (Å²) in [5.74, 6) is -0.230. The second-order valence-electron chi connectivity index (χ2n) is 11.3. The van der Waals surface area contributed by atoms with Gasteiger partial charge in [-0.1, -0.05) is 56.3 Å². The number of rotatable bonds is 10. The highest BCUT2D eigenvalue weighted by atomic mass is 19.1. The van der Waals surface area contributed by atoms with Crippen molar-refractivity contribution in [3.8, 4) is 0 Å². The van der Waals surface area contributed by atoms with E-state index < -0.39 is 17.6 Å². The van der Waals surface area contributed by atoms with Crippen LogP contribution in [0.5, 0.6) is 0 Å². The molecule has 2 saturated heterocycles. The standard InChI is InChI=1S/C30H41FN2O3/c1-22(2)28(29(34)35)33-20-25(27(21-33)24-8-4-3-5-9-24)19-32-17-15-30(36,16-18-32)14-6-7-23-10-12-26(31)13-11-23/h3-5,8-13,22,25,27-28,36H,6-7,14-21H2,1-2H3,(H,34,35). The monoisotopic (exact) mass is 496 g/mol. The van der Waals surface area contributed by atoms with Crippen LogP contribution in [0.15, 0.2) is 54.6 Å². The summed E-state index contributed by atoms with van der Waals surface area (Å²) >= 11 is 0. The molecular formula is C30H41FN2O3. The van der Waals surface area contributed by atoms with Crippen molar-refractivity contribution in [1.29, 1.82) is 0 Å². The Labute approximate surface area is 214 Å². The molecule has 2 N–H and O–H groups in total. The summed E-state index contributed by atoms with van der Waals surface area (Å²) in [5, 5.41) is 21.1. The summed E-state index contributed by atoms with van der Waals surface area (Å²) in [5.41, 5.74) is 1.76. The van der Waals surface area contributed by atoms with Crippen LogP contribution in [0.4, 0.5) is 4.39 Å². The molecule has 3 unspecified atom stereocenters. The Morgan fingerprint density at radius 2 is 1.72 bits per heavy atom. The molecule has 0 radical (unpaired) electrons. The molecule has 2 fully saturated rings. The molecule has 2 aromatic carbocycles. The third-order valence-electron chi connectivity index (χ3n) is 8.28. The van der Waals surface area contributed by atoms with Crippen LogP contribution in [-0.2, 0) is 11.2 Å². The van der Waals surface area contributed by atoms with Crippen molar-refractivity contribution in [1.82, 2.24) is 9.80 Å². The minimum Gasteiger partial charge on any atom is -0.480 e. The lowest BCUT2D eigenvalue weighted by atomic mass is 9.84. The van der Waals surface area contributed by atoms with Crippen molar-refractivity contribution in [3.05, 3.63) is 71.5 Å². The van der Waals surface area contributed by atoms with Gasteiger partial charge in [0.1, 0.15) is 11.9 Å². The van der Waals surface area contributed by atoms with Crippen LogP contribution in [-0.4, -0.2) is 70.3 Å². The number of aliphatic hydroxyl groups is 1. The zero-order valence-corrected chi connectivity index (χ0v) is 21.7. The van der Waals surface area contributed by atoms with Crippen molar-refractivity contribution in [2.45, 2.75) is 63.5 Å². The first-order chi connectivity index (χ1) is 17.2. The van der Waals surface area contributed by atoms with Crippen molar-refractivity contribution in [2.75, 3.05) is 32.7 Å². The number of benzene rings is 2. The van der Waals surface area contributed by atoms with E-state index in [1.165, 1.54) is 17.7 Å². The summed E-state index contributed by atoms with van der Waals surface area (Å²) in [6, 6.07) is 16.7. The van der Waals surface area contributed by atoms with E-state index in [1.807, 2.05) is 32.0 Å². The Bertz CT molecular complexity index is 973. The second kappa shape index (κ2) is 11.8. The van der Waals surface area contributed by atoms with Gasteiger partial charge in [-0.15, -0.1) is 0 Å². The number of likely N-dealkylation sites (tertiary alicyclic amines) is 2. The number of carboxylic acid groups (broad SMARTS) is 1. The van der Waals surface area contributed by atoms with E-state index in [1.54, 1.807) is 0 Å². The SMILES string of the molecule is CC(C)C(C(=O)O)N1CC(CN2CCC(O)(CCCc3ccc(F)cc3)CC2)C(c2ccccc2)C1. The maximum Gasteiger partial charge on any atom is 0.321 e. The summed E-state index contributed by atoms with van der Waals surface area (Å²) in [4.78, 5) is 16.7. The van der Waals surface area contributed by atoms with Gasteiger partial charge in [0, 0.05) is 38.6 Å². The molecule has 36 heavy (non-hydrogen) atoms. The number of hydrogen-bond donors (Lipinski definition) is 2. The third-order valence-corrected chi connectivity index (χ3v) is 8.28. The van der Waals surface area contributed by atoms with Gasteiger partial charge in [-0.05, 0) is 67.2 Å². The van der Waals surface area contributed by atoms with Crippen molar-refractivity contribution in [2.24, 2.45) is 11.8 Å². The van der Waals surface area contributed by atoms with Crippen molar-refractivity contribution >= 4 is 5.97 Å². The summed E-state index contributed by atoms with van der Waals surface area (Å²) in [6.45, 7) is 8.18. The van der Waals surface area contributed by atoms with Gasteiger partial charge in [-0.3, -0.25) is 9.69 Å². The average Bonchev–Trinajstić information content (AvgIpc) is 3.25. The maximum atomic E-state index is 13.1. The molecule has 0 spiro atoms. The van der Waals surface area contributed by atoms with Crippen molar-refractivity contribution in [3.63, 3.8) is 0 Å². The van der Waals surface area contributed by atoms with E-state index in [2.05, 4.69) is 34.1 Å². The molecule has 0 aliphatic carbocycles. The molecule has 2 aliphatic heterocycles. The predicted molar refractivity (Wildman–Crippen MR) is 140 cm³/mol. The Kier molecular flexibility index (Phi) is 8.81. The fourth-order valence-corrected chi connectivity index (χ4v) is 6.26. The third kappa shape index (κ3) is 6.72. The van der Waals surface area contributed by atoms with Gasteiger partial charge in [0.15, 0.2) is 0 Å². The van der Waals surface area contributed by atoms with E-state index in [-0.39, 0.29) is 11.7 Å². The van der Waals surface area contributed by atoms with E-state index in [4.69, 9.17) is 0 Å². The van der Waals surface area contributed by atoms with Crippen LogP contribution in [0.25, 0.3) is 0 Å². The molecule has 0 amide bonds. The van der Waals surface area contributed by atoms with Gasteiger partial charge in [0.2, 0.25) is 0 Å². The normalized spacial score (nSPS) is 23.7. The number of aryl methyl sites for hydroxylation is 1. The van der Waals surface area contributed by atoms with Crippen LogP contribution in [0.3, 0.4) is 0 Å². The van der Waals surface area contributed by atoms with Gasteiger partial charge in [-0.2, -0.15) is 0 Å². The Hall–Kier alpha value is -2.28. The molecule has 6 heteroatoms. The lowest BCUT2D eigenvalue weighted by Crippen LogP contribution is -2.47. The molecule has 0 aromatic heterocycles. The van der Waals surface area contributed by atoms with E-state index in [0.29, 0.717) is 11.8 Å². The minimum absolute atomic E-state index is 0.0533. The fraction of sp³-hybridized carbons (Fsp3) is 0.567. The van der Waals surface area contributed by atoms with E-state index >= 15 is 0 Å². The van der Waals surface area contributed by atoms with Crippen LogP contribution in [0.1, 0.15) is 56.6 Å². The van der Waals surface area contributed by atoms with Crippen molar-refractivity contribution < 1.29 is 19.4 Å². The molecule has 0 bridgehead atoms. The average molecular weight is 497 g/mol. The zero-order valence-electron chi connectivity index (χ0n) is 21.7. The van der Waals surface area contributed by atoms with Gasteiger partial charge in [0.05, 0.1) is 5.60 Å². The molecule has 0 saturated carbocycles. The highest BCUT2D eigenvalue weighted by molar-refractivity contribution is 5.73. The number of piperidine rings is 1. The van der Waals surface area contributed by atoms with Gasteiger partial charge in [-0.25, -0.2) is 4.39 Å². The Morgan fingerprint density at radius 1 is 1.06 bits per heavy atom. The first kappa shape index (κ1) is 26.8.